The number of aliphatic hydroxyl groups is 1. The molecule has 0 heterocycles. The summed E-state index contributed by atoms with van der Waals surface area (Å²) in [6.45, 7) is 4.87. The fraction of sp³-hybridized carbons (Fsp3) is 0.850. The van der Waals surface area contributed by atoms with Crippen LogP contribution in [0.3, 0.4) is 0 Å². The summed E-state index contributed by atoms with van der Waals surface area (Å²) in [4.78, 5) is 5.00. The maximum Gasteiger partial charge on any atom is 0.106 e. The lowest BCUT2D eigenvalue weighted by atomic mass is 9.47. The minimum Gasteiger partial charge on any atom is -0.399 e. The molecule has 23 heavy (non-hydrogen) atoms. The quantitative estimate of drug-likeness (QED) is 0.732. The van der Waals surface area contributed by atoms with Gasteiger partial charge in [-0.1, -0.05) is 24.6 Å². The summed E-state index contributed by atoms with van der Waals surface area (Å²) in [6, 6.07) is 0. The number of hydrogen-bond acceptors (Lipinski definition) is 3. The van der Waals surface area contributed by atoms with Crippen molar-refractivity contribution in [1.82, 2.24) is 0 Å². The van der Waals surface area contributed by atoms with Crippen molar-refractivity contribution in [3.05, 3.63) is 11.6 Å². The van der Waals surface area contributed by atoms with Gasteiger partial charge in [0.25, 0.3) is 0 Å². The van der Waals surface area contributed by atoms with Crippen LogP contribution in [0.25, 0.3) is 0 Å². The second-order valence-corrected chi connectivity index (χ2v) is 8.91. The van der Waals surface area contributed by atoms with Crippen LogP contribution < -0.4 is 0 Å². The average Bonchev–Trinajstić information content (AvgIpc) is 2.84. The largest absolute Gasteiger partial charge is 0.399 e. The van der Waals surface area contributed by atoms with Crippen LogP contribution in [0.2, 0.25) is 0 Å². The predicted octanol–water partition coefficient (Wildman–Crippen LogP) is 4.31. The molecule has 0 bridgehead atoms. The Kier molecular flexibility index (Phi) is 3.64. The van der Waals surface area contributed by atoms with Crippen LogP contribution in [-0.2, 0) is 4.84 Å². The van der Waals surface area contributed by atoms with Gasteiger partial charge in [0.05, 0.1) is 11.8 Å². The lowest BCUT2D eigenvalue weighted by Crippen LogP contribution is -2.51. The van der Waals surface area contributed by atoms with Crippen LogP contribution in [0, 0.1) is 28.6 Å². The molecular formula is C20H31NO2. The van der Waals surface area contributed by atoms with Gasteiger partial charge in [-0.25, -0.2) is 0 Å². The summed E-state index contributed by atoms with van der Waals surface area (Å²) in [7, 11) is 1.64. The lowest BCUT2D eigenvalue weighted by molar-refractivity contribution is -0.0722. The Labute approximate surface area is 140 Å². The van der Waals surface area contributed by atoms with Gasteiger partial charge in [0.1, 0.15) is 7.11 Å². The van der Waals surface area contributed by atoms with Gasteiger partial charge in [-0.15, -0.1) is 0 Å². The number of aliphatic hydroxyl groups excluding tert-OH is 1. The van der Waals surface area contributed by atoms with Crippen LogP contribution in [0.4, 0.5) is 0 Å². The van der Waals surface area contributed by atoms with Crippen molar-refractivity contribution in [3.8, 4) is 0 Å². The first-order valence-electron chi connectivity index (χ1n) is 9.48. The minimum absolute atomic E-state index is 0.0648. The van der Waals surface area contributed by atoms with Crippen LogP contribution in [0.1, 0.15) is 65.2 Å². The summed E-state index contributed by atoms with van der Waals surface area (Å²) in [5.41, 5.74) is 3.28. The van der Waals surface area contributed by atoms with E-state index in [0.29, 0.717) is 5.41 Å². The Morgan fingerprint density at radius 1 is 1.09 bits per heavy atom. The van der Waals surface area contributed by atoms with Gasteiger partial charge in [0, 0.05) is 0 Å². The van der Waals surface area contributed by atoms with Gasteiger partial charge in [-0.3, -0.25) is 0 Å². The van der Waals surface area contributed by atoms with Crippen molar-refractivity contribution in [1.29, 1.82) is 0 Å². The van der Waals surface area contributed by atoms with Gasteiger partial charge in [-0.2, -0.15) is 0 Å². The highest BCUT2D eigenvalue weighted by molar-refractivity contribution is 5.96. The highest BCUT2D eigenvalue weighted by Gasteiger charge is 2.58. The highest BCUT2D eigenvalue weighted by atomic mass is 16.6. The first-order valence-corrected chi connectivity index (χ1v) is 9.48. The number of rotatable bonds is 1. The van der Waals surface area contributed by atoms with Crippen LogP contribution in [0.5, 0.6) is 0 Å². The molecule has 3 nitrogen and oxygen atoms in total. The molecule has 1 unspecified atom stereocenters. The predicted molar refractivity (Wildman–Crippen MR) is 92.2 cm³/mol. The number of fused-ring (bicyclic) bond motifs is 5. The van der Waals surface area contributed by atoms with Crippen molar-refractivity contribution < 1.29 is 9.94 Å². The third-order valence-electron chi connectivity index (χ3n) is 8.14. The summed E-state index contributed by atoms with van der Waals surface area (Å²) in [5, 5.41) is 14.7. The van der Waals surface area contributed by atoms with Crippen molar-refractivity contribution in [2.75, 3.05) is 7.11 Å². The van der Waals surface area contributed by atoms with E-state index in [-0.39, 0.29) is 11.5 Å². The van der Waals surface area contributed by atoms with Crippen LogP contribution >= 0.6 is 0 Å². The van der Waals surface area contributed by atoms with Crippen molar-refractivity contribution in [3.63, 3.8) is 0 Å². The molecule has 0 saturated heterocycles. The fourth-order valence-corrected chi connectivity index (χ4v) is 6.73. The zero-order chi connectivity index (χ0) is 16.2. The Hall–Kier alpha value is -0.830. The highest BCUT2D eigenvalue weighted by Crippen LogP contribution is 2.65. The molecule has 3 heteroatoms. The van der Waals surface area contributed by atoms with Crippen molar-refractivity contribution in [2.45, 2.75) is 71.3 Å². The molecule has 0 spiro atoms. The number of hydrogen-bond donors (Lipinski definition) is 1. The number of allylic oxidation sites excluding steroid dienone is 2. The Balaban J connectivity index is 1.65. The first kappa shape index (κ1) is 15.7. The summed E-state index contributed by atoms with van der Waals surface area (Å²) >= 11 is 0. The van der Waals surface area contributed by atoms with Gasteiger partial charge in [-0.05, 0) is 86.0 Å². The molecule has 0 aromatic heterocycles. The standard InChI is InChI=1S/C20H31NO2/c1-19-10-8-14(21-23-3)12-13(19)4-5-15-16-6-7-18(22)20(16,2)11-9-17(15)19/h12,15-18,22H,4-11H2,1-3H3/b21-14-/t15-,16-,17-,18?,19-,20-/m0/s1. The second kappa shape index (κ2) is 5.34. The molecule has 4 aliphatic rings. The van der Waals surface area contributed by atoms with E-state index in [4.69, 9.17) is 4.84 Å². The van der Waals surface area contributed by atoms with Gasteiger partial charge in [0.15, 0.2) is 0 Å². The Morgan fingerprint density at radius 3 is 2.70 bits per heavy atom. The summed E-state index contributed by atoms with van der Waals surface area (Å²) in [5.74, 6) is 2.35. The molecule has 3 saturated carbocycles. The average molecular weight is 317 g/mol. The van der Waals surface area contributed by atoms with Crippen molar-refractivity contribution >= 4 is 5.71 Å². The molecule has 0 radical (unpaired) electrons. The molecule has 4 rings (SSSR count). The minimum atomic E-state index is -0.0648. The first-order chi connectivity index (χ1) is 11.0. The molecule has 1 N–H and O–H groups in total. The van der Waals surface area contributed by atoms with E-state index in [2.05, 4.69) is 25.1 Å². The smallest absolute Gasteiger partial charge is 0.106 e. The lowest BCUT2D eigenvalue weighted by Gasteiger charge is -2.57. The van der Waals surface area contributed by atoms with Gasteiger partial charge >= 0.3 is 0 Å². The summed E-state index contributed by atoms with van der Waals surface area (Å²) < 4.78 is 0. The molecular weight excluding hydrogens is 286 g/mol. The zero-order valence-electron chi connectivity index (χ0n) is 14.8. The van der Waals surface area contributed by atoms with E-state index >= 15 is 0 Å². The van der Waals surface area contributed by atoms with Gasteiger partial charge < -0.3 is 9.94 Å². The van der Waals surface area contributed by atoms with E-state index in [0.717, 1.165) is 36.3 Å². The molecule has 3 fully saturated rings. The normalized spacial score (nSPS) is 50.8. The number of oxime groups is 1. The third kappa shape index (κ3) is 2.15. The maximum absolute atomic E-state index is 10.5. The van der Waals surface area contributed by atoms with E-state index in [1.807, 2.05) is 0 Å². The topological polar surface area (TPSA) is 41.8 Å². The van der Waals surface area contributed by atoms with Crippen LogP contribution in [0.15, 0.2) is 16.8 Å². The van der Waals surface area contributed by atoms with E-state index < -0.39 is 0 Å². The van der Waals surface area contributed by atoms with E-state index in [9.17, 15) is 5.11 Å². The summed E-state index contributed by atoms with van der Waals surface area (Å²) in [6.07, 6.45) is 11.8. The molecule has 0 aromatic carbocycles. The molecule has 6 atom stereocenters. The number of nitrogens with zero attached hydrogens (tertiary/aromatic N) is 1. The molecule has 128 valence electrons. The van der Waals surface area contributed by atoms with Crippen LogP contribution in [-0.4, -0.2) is 24.0 Å². The SMILES string of the molecule is CO/N=C1\C=C2CC[C@@H]3[C@H](CC[C@]4(C)C(O)CC[C@@H]34)[C@@]2(C)CC1. The molecule has 0 aromatic rings. The molecule has 4 aliphatic carbocycles. The Morgan fingerprint density at radius 2 is 1.91 bits per heavy atom. The van der Waals surface area contributed by atoms with Crippen molar-refractivity contribution in [2.24, 2.45) is 33.7 Å². The molecule has 0 amide bonds. The zero-order valence-corrected chi connectivity index (χ0v) is 14.8. The van der Waals surface area contributed by atoms with E-state index in [1.165, 1.54) is 38.5 Å². The fourth-order valence-electron chi connectivity index (χ4n) is 6.73. The monoisotopic (exact) mass is 317 g/mol. The van der Waals surface area contributed by atoms with Gasteiger partial charge in [0.2, 0.25) is 0 Å². The second-order valence-electron chi connectivity index (χ2n) is 8.91. The maximum atomic E-state index is 10.5. The third-order valence-corrected chi connectivity index (χ3v) is 8.14. The molecule has 0 aliphatic heterocycles. The van der Waals surface area contributed by atoms with E-state index in [1.54, 1.807) is 12.7 Å². The Bertz CT molecular complexity index is 554.